The summed E-state index contributed by atoms with van der Waals surface area (Å²) in [5.41, 5.74) is 0. The molecule has 78 heavy (non-hydrogen) atoms. The van der Waals surface area contributed by atoms with Crippen LogP contribution in [0.5, 0.6) is 0 Å². The highest BCUT2D eigenvalue weighted by Crippen LogP contribution is 2.38. The fourth-order valence-electron chi connectivity index (χ4n) is 8.62. The van der Waals surface area contributed by atoms with Crippen LogP contribution in [0.25, 0.3) is 0 Å². The molecular formula is C68H119N2O7P. The molecule has 0 aliphatic carbocycles. The molecule has 0 fully saturated rings. The molecule has 0 spiro atoms. The zero-order chi connectivity index (χ0) is 57.2. The van der Waals surface area contributed by atoms with Gasteiger partial charge in [0.15, 0.2) is 0 Å². The van der Waals surface area contributed by atoms with Crippen LogP contribution in [0.1, 0.15) is 258 Å². The third-order valence-electron chi connectivity index (χ3n) is 13.4. The summed E-state index contributed by atoms with van der Waals surface area (Å²) < 4.78 is 30.3. The van der Waals surface area contributed by atoms with Crippen LogP contribution in [0.15, 0.2) is 109 Å². The van der Waals surface area contributed by atoms with E-state index in [0.29, 0.717) is 17.4 Å². The number of nitrogens with one attached hydrogen (secondary N) is 1. The summed E-state index contributed by atoms with van der Waals surface area (Å²) in [6.45, 7) is 6.58. The number of carbonyl (C=O) groups is 2. The third-order valence-corrected chi connectivity index (χ3v) is 14.4. The van der Waals surface area contributed by atoms with Gasteiger partial charge in [0.25, 0.3) is 7.82 Å². The van der Waals surface area contributed by atoms with E-state index >= 15 is 0 Å². The second-order valence-electron chi connectivity index (χ2n) is 22.1. The first-order chi connectivity index (χ1) is 37.9. The molecule has 0 aromatic carbocycles. The minimum atomic E-state index is -4.71. The van der Waals surface area contributed by atoms with Gasteiger partial charge in [0.05, 0.1) is 33.8 Å². The number of allylic oxidation sites excluding steroid dienone is 17. The number of unbranched alkanes of at least 4 members (excludes halogenated alkanes) is 24. The molecule has 0 bridgehead atoms. The van der Waals surface area contributed by atoms with Gasteiger partial charge in [-0.2, -0.15) is 0 Å². The van der Waals surface area contributed by atoms with Crippen LogP contribution in [-0.2, 0) is 27.9 Å². The quantitative estimate of drug-likeness (QED) is 0.0212. The Morgan fingerprint density at radius 3 is 1.23 bits per heavy atom. The average Bonchev–Trinajstić information content (AvgIpc) is 3.40. The van der Waals surface area contributed by atoms with Gasteiger partial charge in [-0.05, 0) is 109 Å². The number of hydrogen-bond acceptors (Lipinski definition) is 7. The smallest absolute Gasteiger partial charge is 0.306 e. The molecule has 448 valence electrons. The van der Waals surface area contributed by atoms with Crippen molar-refractivity contribution >= 4 is 19.7 Å². The normalized spacial score (nSPS) is 14.4. The lowest BCUT2D eigenvalue weighted by molar-refractivity contribution is -0.870. The molecule has 3 atom stereocenters. The summed E-state index contributed by atoms with van der Waals surface area (Å²) in [5, 5.41) is 3.01. The Kier molecular flexibility index (Phi) is 54.5. The summed E-state index contributed by atoms with van der Waals surface area (Å²) in [6.07, 6.45) is 77.8. The number of esters is 1. The van der Waals surface area contributed by atoms with Crippen molar-refractivity contribution in [2.24, 2.45) is 0 Å². The Bertz CT molecular complexity index is 1700. The van der Waals surface area contributed by atoms with Gasteiger partial charge in [0.2, 0.25) is 5.91 Å². The predicted molar refractivity (Wildman–Crippen MR) is 334 cm³/mol. The van der Waals surface area contributed by atoms with E-state index in [-0.39, 0.29) is 31.3 Å². The predicted octanol–water partition coefficient (Wildman–Crippen LogP) is 19.1. The lowest BCUT2D eigenvalue weighted by Gasteiger charge is -2.30. The summed E-state index contributed by atoms with van der Waals surface area (Å²) in [4.78, 5) is 39.9. The average molecular weight is 1110 g/mol. The topological polar surface area (TPSA) is 114 Å². The number of amides is 1. The monoisotopic (exact) mass is 1110 g/mol. The number of phosphoric ester groups is 1. The first-order valence-electron chi connectivity index (χ1n) is 31.7. The highest BCUT2D eigenvalue weighted by Gasteiger charge is 2.27. The Morgan fingerprint density at radius 1 is 0.462 bits per heavy atom. The number of phosphoric acid groups is 1. The largest absolute Gasteiger partial charge is 0.756 e. The SMILES string of the molecule is CC/C=C\C/C=C\C/C=C\C/C=C\C/C=C\CCCCCCCCCCCCCC(=O)OC(/C=C\CCCCCCCCCCC)C(COP(=O)([O-])OCC[N+](C)(C)C)NC(=O)CCCCCC/C=C/C/C=C/C/C=C/CC. The molecule has 0 radical (unpaired) electrons. The molecule has 1 amide bonds. The number of hydrogen-bond donors (Lipinski definition) is 1. The van der Waals surface area contributed by atoms with Crippen molar-refractivity contribution in [3.63, 3.8) is 0 Å². The maximum absolute atomic E-state index is 13.5. The van der Waals surface area contributed by atoms with Gasteiger partial charge < -0.3 is 28.5 Å². The van der Waals surface area contributed by atoms with Crippen molar-refractivity contribution in [2.75, 3.05) is 40.9 Å². The highest BCUT2D eigenvalue weighted by molar-refractivity contribution is 7.45. The molecule has 0 aromatic rings. The van der Waals surface area contributed by atoms with Crippen molar-refractivity contribution in [3.8, 4) is 0 Å². The number of nitrogens with zero attached hydrogens (tertiary/aromatic N) is 1. The molecular weight excluding hydrogens is 988 g/mol. The molecule has 1 N–H and O–H groups in total. The van der Waals surface area contributed by atoms with E-state index in [1.54, 1.807) is 0 Å². The van der Waals surface area contributed by atoms with Crippen molar-refractivity contribution < 1.29 is 37.3 Å². The van der Waals surface area contributed by atoms with Crippen LogP contribution in [-0.4, -0.2) is 69.4 Å². The second-order valence-corrected chi connectivity index (χ2v) is 23.6. The van der Waals surface area contributed by atoms with Gasteiger partial charge >= 0.3 is 5.97 Å². The van der Waals surface area contributed by atoms with Gasteiger partial charge in [-0.25, -0.2) is 0 Å². The van der Waals surface area contributed by atoms with E-state index in [0.717, 1.165) is 128 Å². The fraction of sp³-hybridized carbons (Fsp3) is 0.706. The standard InChI is InChI=1S/C68H119N2O7P/c1-7-10-13-16-19-22-25-27-29-30-31-32-33-34-35-36-37-38-39-40-41-43-46-49-52-55-58-61-68(72)77-66(59-56-53-50-47-44-24-21-18-15-12-9-3)65(64-76-78(73,74)75-63-62-70(4,5)6)69-67(71)60-57-54-51-48-45-42-28-26-23-20-17-14-11-8-2/h10-11,13-14,19-20,22-23,27-29,31-32,34-35,42,56,59,65-66H,7-9,12,15-18,21,24-26,30,33,36-41,43-55,57-58,60-64H2,1-6H3,(H-,69,71,73,74)/b13-10-,14-11+,22-19-,23-20+,29-27-,32-31-,35-34-,42-28+,59-56-. The van der Waals surface area contributed by atoms with Crippen LogP contribution in [0, 0.1) is 0 Å². The van der Waals surface area contributed by atoms with E-state index in [1.165, 1.54) is 89.9 Å². The van der Waals surface area contributed by atoms with Gasteiger partial charge in [-0.1, -0.05) is 246 Å². The van der Waals surface area contributed by atoms with Crippen molar-refractivity contribution in [2.45, 2.75) is 270 Å². The van der Waals surface area contributed by atoms with Gasteiger partial charge in [-0.15, -0.1) is 0 Å². The minimum Gasteiger partial charge on any atom is -0.756 e. The van der Waals surface area contributed by atoms with E-state index in [2.05, 4.69) is 123 Å². The highest BCUT2D eigenvalue weighted by atomic mass is 31.2. The fourth-order valence-corrected chi connectivity index (χ4v) is 9.34. The van der Waals surface area contributed by atoms with Crippen molar-refractivity contribution in [1.82, 2.24) is 5.32 Å². The van der Waals surface area contributed by atoms with Crippen molar-refractivity contribution in [1.29, 1.82) is 0 Å². The number of ether oxygens (including phenoxy) is 1. The summed E-state index contributed by atoms with van der Waals surface area (Å²) in [6, 6.07) is -0.907. The molecule has 0 aliphatic heterocycles. The first-order valence-corrected chi connectivity index (χ1v) is 33.2. The summed E-state index contributed by atoms with van der Waals surface area (Å²) in [5.74, 6) is -0.576. The Morgan fingerprint density at radius 2 is 0.821 bits per heavy atom. The van der Waals surface area contributed by atoms with Crippen LogP contribution >= 0.6 is 7.82 Å². The Labute approximate surface area is 481 Å². The molecule has 0 aliphatic rings. The maximum atomic E-state index is 13.5. The zero-order valence-electron chi connectivity index (χ0n) is 51.1. The number of likely N-dealkylation sites (N-methyl/N-ethyl adjacent to an activating group) is 1. The second kappa shape index (κ2) is 56.9. The summed E-state index contributed by atoms with van der Waals surface area (Å²) >= 11 is 0. The Hall–Kier alpha value is -3.33. The lowest BCUT2D eigenvalue weighted by Crippen LogP contribution is -2.47. The zero-order valence-corrected chi connectivity index (χ0v) is 52.0. The molecule has 9 nitrogen and oxygen atoms in total. The third kappa shape index (κ3) is 57.4. The molecule has 0 saturated heterocycles. The Balaban J connectivity index is 5.09. The van der Waals surface area contributed by atoms with Crippen LogP contribution in [0.4, 0.5) is 0 Å². The minimum absolute atomic E-state index is 0.0321. The van der Waals surface area contributed by atoms with Crippen LogP contribution in [0.2, 0.25) is 0 Å². The number of quaternary nitrogens is 1. The van der Waals surface area contributed by atoms with Crippen LogP contribution < -0.4 is 10.2 Å². The molecule has 0 rings (SSSR count). The first kappa shape index (κ1) is 74.7. The maximum Gasteiger partial charge on any atom is 0.306 e. The van der Waals surface area contributed by atoms with E-state index in [9.17, 15) is 19.0 Å². The lowest BCUT2D eigenvalue weighted by atomic mass is 10.0. The van der Waals surface area contributed by atoms with Crippen molar-refractivity contribution in [3.05, 3.63) is 109 Å². The molecule has 3 unspecified atom stereocenters. The van der Waals surface area contributed by atoms with E-state index in [4.69, 9.17) is 13.8 Å². The van der Waals surface area contributed by atoms with E-state index in [1.807, 2.05) is 33.3 Å². The van der Waals surface area contributed by atoms with E-state index < -0.39 is 26.6 Å². The molecule has 10 heteroatoms. The van der Waals surface area contributed by atoms with Gasteiger partial charge in [0, 0.05) is 12.8 Å². The van der Waals surface area contributed by atoms with Gasteiger partial charge in [-0.3, -0.25) is 14.2 Å². The summed E-state index contributed by atoms with van der Waals surface area (Å²) in [7, 11) is 1.15. The molecule has 0 aromatic heterocycles. The van der Waals surface area contributed by atoms with Crippen LogP contribution in [0.3, 0.4) is 0 Å². The van der Waals surface area contributed by atoms with Gasteiger partial charge in [0.1, 0.15) is 19.3 Å². The molecule has 0 heterocycles. The number of rotatable bonds is 56. The number of carbonyl (C=O) groups excluding carboxylic acids is 2. The molecule has 0 saturated carbocycles.